The Hall–Kier alpha value is -1.63. The van der Waals surface area contributed by atoms with E-state index in [1.807, 2.05) is 0 Å². The fourth-order valence-corrected chi connectivity index (χ4v) is 2.20. The summed E-state index contributed by atoms with van der Waals surface area (Å²) in [5.74, 6) is -0.335. The molecule has 2 atom stereocenters. The number of carbonyl (C=O) groups is 3. The molecular weight excluding hydrogens is 224 g/mol. The number of piperazine rings is 2. The molecule has 2 heterocycles. The van der Waals surface area contributed by atoms with E-state index < -0.39 is 6.04 Å². The van der Waals surface area contributed by atoms with E-state index >= 15 is 0 Å². The smallest absolute Gasteiger partial charge is 0.280 e. The molecule has 0 saturated carbocycles. The van der Waals surface area contributed by atoms with Gasteiger partial charge in [-0.3, -0.25) is 14.4 Å². The van der Waals surface area contributed by atoms with Crippen molar-refractivity contribution in [2.45, 2.75) is 19.0 Å². The largest absolute Gasteiger partial charge is 0.348 e. The monoisotopic (exact) mass is 241 g/mol. The first-order valence-electron chi connectivity index (χ1n) is 5.69. The minimum absolute atomic E-state index is 0.0645. The van der Waals surface area contributed by atoms with Gasteiger partial charge in [0, 0.05) is 13.1 Å². The number of carbonyl (C=O) groups excluding carboxylic acids is 3. The highest BCUT2D eigenvalue weighted by atomic mass is 16.2. The molecule has 0 aromatic rings. The topological polar surface area (TPSA) is 97.4 Å². The number of amides is 3. The van der Waals surface area contributed by atoms with Crippen LogP contribution < -0.4 is 11.1 Å². The number of hydrogen-bond donors (Lipinski definition) is 2. The Morgan fingerprint density at radius 3 is 2.82 bits per heavy atom. The van der Waals surface area contributed by atoms with Gasteiger partial charge in [-0.25, -0.2) is 0 Å². The molecule has 2 aliphatic rings. The van der Waals surface area contributed by atoms with Crippen molar-refractivity contribution in [2.75, 3.05) is 26.2 Å². The zero-order chi connectivity index (χ0) is 12.6. The van der Waals surface area contributed by atoms with Crippen molar-refractivity contribution in [1.29, 1.82) is 0 Å². The quantitative estimate of drug-likeness (QED) is 0.505. The van der Waals surface area contributed by atoms with E-state index in [9.17, 15) is 14.4 Å². The molecule has 0 aromatic carbocycles. The van der Waals surface area contributed by atoms with E-state index in [0.29, 0.717) is 13.1 Å². The fraction of sp³-hybridized carbons (Fsp3) is 0.700. The number of fused-ring (bicyclic) bond motifs is 1. The van der Waals surface area contributed by atoms with Crippen molar-refractivity contribution in [2.24, 2.45) is 0 Å². The lowest BCUT2D eigenvalue weighted by Crippen LogP contribution is -2.71. The second-order valence-electron chi connectivity index (χ2n) is 4.51. The molecule has 17 heavy (non-hydrogen) atoms. The molecule has 2 aliphatic heterocycles. The average molecular weight is 241 g/mol. The molecule has 7 heteroatoms. The Morgan fingerprint density at radius 2 is 2.18 bits per heavy atom. The summed E-state index contributed by atoms with van der Waals surface area (Å²) in [5.41, 5.74) is 3.68. The zero-order valence-electron chi connectivity index (χ0n) is 9.81. The molecule has 2 saturated heterocycles. The molecule has 7 nitrogen and oxygen atoms in total. The van der Waals surface area contributed by atoms with Gasteiger partial charge in [-0.2, -0.15) is 0 Å². The summed E-state index contributed by atoms with van der Waals surface area (Å²) in [5, 5.41) is 2.54. The number of nitrogens with zero attached hydrogens (tertiary/aromatic N) is 2. The number of nitrogens with one attached hydrogen (secondary N) is 1. The summed E-state index contributed by atoms with van der Waals surface area (Å²) in [7, 11) is 0. The van der Waals surface area contributed by atoms with Crippen LogP contribution in [0.2, 0.25) is 0 Å². The van der Waals surface area contributed by atoms with Gasteiger partial charge >= 0.3 is 0 Å². The maximum absolute atomic E-state index is 11.8. The van der Waals surface area contributed by atoms with E-state index in [1.165, 1.54) is 0 Å². The predicted octanol–water partition coefficient (Wildman–Crippen LogP) is -3.21. The lowest BCUT2D eigenvalue weighted by Gasteiger charge is -2.42. The number of hydrogen-bond acceptors (Lipinski definition) is 3. The fourth-order valence-electron chi connectivity index (χ4n) is 2.20. The van der Waals surface area contributed by atoms with Crippen LogP contribution in [0.5, 0.6) is 0 Å². The van der Waals surface area contributed by atoms with Gasteiger partial charge in [0.15, 0.2) is 6.04 Å². The summed E-state index contributed by atoms with van der Waals surface area (Å²) in [4.78, 5) is 38.2. The first-order chi connectivity index (χ1) is 8.00. The summed E-state index contributed by atoms with van der Waals surface area (Å²) < 4.78 is 0. The highest BCUT2D eigenvalue weighted by Gasteiger charge is 2.40. The molecule has 0 bridgehead atoms. The minimum atomic E-state index is -0.535. The van der Waals surface area contributed by atoms with Crippen molar-refractivity contribution < 1.29 is 20.1 Å². The lowest BCUT2D eigenvalue weighted by atomic mass is 10.1. The molecule has 0 radical (unpaired) electrons. The van der Waals surface area contributed by atoms with Crippen LogP contribution in [0.25, 0.3) is 0 Å². The molecule has 2 fully saturated rings. The Labute approximate surface area is 98.9 Å². The maximum Gasteiger partial charge on any atom is 0.280 e. The molecule has 2 rings (SSSR count). The van der Waals surface area contributed by atoms with Gasteiger partial charge in [-0.05, 0) is 6.92 Å². The van der Waals surface area contributed by atoms with E-state index in [1.54, 1.807) is 16.7 Å². The van der Waals surface area contributed by atoms with Gasteiger partial charge < -0.3 is 20.9 Å². The third-order valence-electron chi connectivity index (χ3n) is 3.15. The molecule has 0 aliphatic carbocycles. The van der Waals surface area contributed by atoms with Gasteiger partial charge in [-0.15, -0.1) is 0 Å². The SMILES string of the molecule is C[C@H]([NH3+])C(=O)N1CCN2C(=O)CNC(=O)[C@@H]2C1. The van der Waals surface area contributed by atoms with Crippen LogP contribution in [0.1, 0.15) is 6.92 Å². The van der Waals surface area contributed by atoms with Gasteiger partial charge in [0.2, 0.25) is 11.8 Å². The van der Waals surface area contributed by atoms with Crippen LogP contribution in [-0.4, -0.2) is 65.8 Å². The molecule has 0 unspecified atom stereocenters. The Bertz CT molecular complexity index is 369. The molecule has 0 spiro atoms. The van der Waals surface area contributed by atoms with Crippen LogP contribution in [0, 0.1) is 0 Å². The van der Waals surface area contributed by atoms with E-state index in [2.05, 4.69) is 11.1 Å². The molecular formula is C10H17N4O3+. The van der Waals surface area contributed by atoms with Crippen molar-refractivity contribution >= 4 is 17.7 Å². The number of quaternary nitrogens is 1. The molecule has 94 valence electrons. The van der Waals surface area contributed by atoms with E-state index in [-0.39, 0.29) is 36.9 Å². The summed E-state index contributed by atoms with van der Waals surface area (Å²) in [6.45, 7) is 2.97. The Morgan fingerprint density at radius 1 is 1.47 bits per heavy atom. The van der Waals surface area contributed by atoms with E-state index in [0.717, 1.165) is 0 Å². The van der Waals surface area contributed by atoms with Crippen LogP contribution in [-0.2, 0) is 14.4 Å². The van der Waals surface area contributed by atoms with Gasteiger partial charge in [-0.1, -0.05) is 0 Å². The van der Waals surface area contributed by atoms with Crippen molar-refractivity contribution in [3.05, 3.63) is 0 Å². The highest BCUT2D eigenvalue weighted by molar-refractivity contribution is 5.95. The average Bonchev–Trinajstić information content (AvgIpc) is 2.32. The summed E-state index contributed by atoms with van der Waals surface area (Å²) >= 11 is 0. The molecule has 3 amide bonds. The normalized spacial score (nSPS) is 26.4. The zero-order valence-corrected chi connectivity index (χ0v) is 9.81. The second-order valence-corrected chi connectivity index (χ2v) is 4.51. The minimum Gasteiger partial charge on any atom is -0.348 e. The molecule has 0 aromatic heterocycles. The Balaban J connectivity index is 2.09. The molecule has 4 N–H and O–H groups in total. The Kier molecular flexibility index (Phi) is 3.01. The van der Waals surface area contributed by atoms with Crippen LogP contribution >= 0.6 is 0 Å². The summed E-state index contributed by atoms with van der Waals surface area (Å²) in [6, 6.07) is -0.864. The number of rotatable bonds is 1. The van der Waals surface area contributed by atoms with Crippen molar-refractivity contribution in [1.82, 2.24) is 15.1 Å². The van der Waals surface area contributed by atoms with Crippen LogP contribution in [0.3, 0.4) is 0 Å². The lowest BCUT2D eigenvalue weighted by molar-refractivity contribution is -0.400. The summed E-state index contributed by atoms with van der Waals surface area (Å²) in [6.07, 6.45) is 0. The van der Waals surface area contributed by atoms with Gasteiger partial charge in [0.1, 0.15) is 6.04 Å². The van der Waals surface area contributed by atoms with Gasteiger partial charge in [0.25, 0.3) is 5.91 Å². The first kappa shape index (κ1) is 11.8. The van der Waals surface area contributed by atoms with Gasteiger partial charge in [0.05, 0.1) is 13.1 Å². The highest BCUT2D eigenvalue weighted by Crippen LogP contribution is 2.13. The maximum atomic E-state index is 11.8. The third-order valence-corrected chi connectivity index (χ3v) is 3.15. The van der Waals surface area contributed by atoms with E-state index in [4.69, 9.17) is 0 Å². The second kappa shape index (κ2) is 4.33. The standard InChI is InChI=1S/C10H16N4O3/c1-6(11)10(17)13-2-3-14-7(5-13)9(16)12-4-8(14)15/h6-7H,2-5,11H2,1H3,(H,12,16)/p+1/t6-,7-/m0/s1. The predicted molar refractivity (Wildman–Crippen MR) is 57.4 cm³/mol. The van der Waals surface area contributed by atoms with Crippen molar-refractivity contribution in [3.63, 3.8) is 0 Å². The van der Waals surface area contributed by atoms with Crippen LogP contribution in [0.4, 0.5) is 0 Å². The third kappa shape index (κ3) is 2.10. The van der Waals surface area contributed by atoms with Crippen LogP contribution in [0.15, 0.2) is 0 Å². The van der Waals surface area contributed by atoms with Crippen molar-refractivity contribution in [3.8, 4) is 0 Å². The first-order valence-corrected chi connectivity index (χ1v) is 5.69.